The van der Waals surface area contributed by atoms with Gasteiger partial charge < -0.3 is 10.5 Å². The maximum Gasteiger partial charge on any atom is 0.275 e. The summed E-state index contributed by atoms with van der Waals surface area (Å²) in [7, 11) is 1.44. The normalized spacial score (nSPS) is 9.93. The van der Waals surface area contributed by atoms with E-state index in [1.54, 1.807) is 0 Å². The lowest BCUT2D eigenvalue weighted by atomic mass is 10.1. The predicted octanol–water partition coefficient (Wildman–Crippen LogP) is 1.72. The summed E-state index contributed by atoms with van der Waals surface area (Å²) < 4.78 is 4.91. The van der Waals surface area contributed by atoms with Crippen molar-refractivity contribution >= 4 is 17.3 Å². The second-order valence-corrected chi connectivity index (χ2v) is 2.98. The molecule has 0 spiro atoms. The maximum absolute atomic E-state index is 10.6. The molecule has 0 heterocycles. The van der Waals surface area contributed by atoms with Crippen molar-refractivity contribution in [2.24, 2.45) is 5.73 Å². The highest BCUT2D eigenvalue weighted by Crippen LogP contribution is 2.31. The molecule has 0 fully saturated rings. The molecule has 1 aromatic carbocycles. The molecule has 0 aliphatic heterocycles. The van der Waals surface area contributed by atoms with E-state index in [-0.39, 0.29) is 17.3 Å². The highest BCUT2D eigenvalue weighted by molar-refractivity contribution is 6.32. The van der Waals surface area contributed by atoms with Crippen molar-refractivity contribution in [2.45, 2.75) is 6.54 Å². The molecule has 76 valence electrons. The molecule has 0 bridgehead atoms. The second-order valence-electron chi connectivity index (χ2n) is 2.58. The van der Waals surface area contributed by atoms with E-state index in [9.17, 15) is 10.1 Å². The lowest BCUT2D eigenvalue weighted by Crippen LogP contribution is -2.02. The van der Waals surface area contributed by atoms with Gasteiger partial charge in [-0.2, -0.15) is 0 Å². The number of halogens is 1. The van der Waals surface area contributed by atoms with Crippen LogP contribution in [0.5, 0.6) is 5.75 Å². The van der Waals surface area contributed by atoms with Gasteiger partial charge in [-0.25, -0.2) is 0 Å². The Morgan fingerprint density at radius 3 is 2.71 bits per heavy atom. The van der Waals surface area contributed by atoms with Crippen LogP contribution < -0.4 is 10.5 Å². The van der Waals surface area contributed by atoms with Gasteiger partial charge in [-0.3, -0.25) is 10.1 Å². The van der Waals surface area contributed by atoms with Crippen LogP contribution in [-0.2, 0) is 6.54 Å². The number of hydrogen-bond donors (Lipinski definition) is 1. The van der Waals surface area contributed by atoms with E-state index in [4.69, 9.17) is 22.1 Å². The molecule has 0 saturated carbocycles. The number of ether oxygens (including phenoxy) is 1. The lowest BCUT2D eigenvalue weighted by Gasteiger charge is -2.05. The maximum atomic E-state index is 10.6. The third-order valence-electron chi connectivity index (χ3n) is 1.77. The zero-order chi connectivity index (χ0) is 10.7. The Morgan fingerprint density at radius 2 is 2.29 bits per heavy atom. The Kier molecular flexibility index (Phi) is 3.27. The number of rotatable bonds is 3. The second kappa shape index (κ2) is 4.26. The van der Waals surface area contributed by atoms with Crippen molar-refractivity contribution in [1.29, 1.82) is 0 Å². The van der Waals surface area contributed by atoms with Gasteiger partial charge in [-0.15, -0.1) is 0 Å². The molecule has 0 amide bonds. The highest BCUT2D eigenvalue weighted by atomic mass is 35.5. The zero-order valence-corrected chi connectivity index (χ0v) is 8.25. The van der Waals surface area contributed by atoms with Gasteiger partial charge in [-0.1, -0.05) is 11.6 Å². The average molecular weight is 217 g/mol. The van der Waals surface area contributed by atoms with E-state index in [2.05, 4.69) is 0 Å². The van der Waals surface area contributed by atoms with Gasteiger partial charge in [-0.05, 0) is 6.07 Å². The van der Waals surface area contributed by atoms with Gasteiger partial charge in [0.25, 0.3) is 5.69 Å². The molecule has 0 unspecified atom stereocenters. The fourth-order valence-corrected chi connectivity index (χ4v) is 1.31. The van der Waals surface area contributed by atoms with Crippen molar-refractivity contribution in [3.8, 4) is 5.75 Å². The van der Waals surface area contributed by atoms with Crippen molar-refractivity contribution in [3.05, 3.63) is 32.8 Å². The number of benzene rings is 1. The van der Waals surface area contributed by atoms with Gasteiger partial charge in [0, 0.05) is 18.2 Å². The fraction of sp³-hybridized carbons (Fsp3) is 0.250. The Morgan fingerprint density at radius 1 is 1.64 bits per heavy atom. The number of nitrogens with zero attached hydrogens (tertiary/aromatic N) is 1. The Hall–Kier alpha value is -1.33. The quantitative estimate of drug-likeness (QED) is 0.616. The van der Waals surface area contributed by atoms with Crippen LogP contribution >= 0.6 is 11.6 Å². The number of nitro groups is 1. The van der Waals surface area contributed by atoms with Crippen LogP contribution in [0.15, 0.2) is 12.1 Å². The summed E-state index contributed by atoms with van der Waals surface area (Å²) in [4.78, 5) is 10.1. The predicted molar refractivity (Wildman–Crippen MR) is 52.5 cm³/mol. The van der Waals surface area contributed by atoms with Gasteiger partial charge in [0.2, 0.25) is 0 Å². The molecule has 2 N–H and O–H groups in total. The summed E-state index contributed by atoms with van der Waals surface area (Å²) in [5.41, 5.74) is 5.67. The van der Waals surface area contributed by atoms with Crippen LogP contribution in [0.3, 0.4) is 0 Å². The van der Waals surface area contributed by atoms with Crippen molar-refractivity contribution < 1.29 is 9.66 Å². The summed E-state index contributed by atoms with van der Waals surface area (Å²) in [5, 5.41) is 10.8. The lowest BCUT2D eigenvalue weighted by molar-refractivity contribution is -0.385. The van der Waals surface area contributed by atoms with Gasteiger partial charge in [0.15, 0.2) is 0 Å². The first-order valence-electron chi connectivity index (χ1n) is 3.81. The molecule has 0 atom stereocenters. The highest BCUT2D eigenvalue weighted by Gasteiger charge is 2.16. The molecular formula is C8H9ClN2O3. The molecule has 0 aliphatic rings. The summed E-state index contributed by atoms with van der Waals surface area (Å²) >= 11 is 5.73. The molecule has 14 heavy (non-hydrogen) atoms. The first-order chi connectivity index (χ1) is 6.60. The van der Waals surface area contributed by atoms with Crippen LogP contribution in [0.25, 0.3) is 0 Å². The number of nitro benzene ring substituents is 1. The molecule has 0 aliphatic carbocycles. The van der Waals surface area contributed by atoms with Crippen LogP contribution in [-0.4, -0.2) is 12.0 Å². The van der Waals surface area contributed by atoms with E-state index in [0.717, 1.165) is 0 Å². The summed E-state index contributed by atoms with van der Waals surface area (Å²) in [6.45, 7) is 0.0733. The van der Waals surface area contributed by atoms with Crippen LogP contribution in [0, 0.1) is 10.1 Å². The molecule has 0 saturated heterocycles. The molecule has 0 radical (unpaired) electrons. The Balaban J connectivity index is 3.31. The van der Waals surface area contributed by atoms with Crippen molar-refractivity contribution in [2.75, 3.05) is 7.11 Å². The van der Waals surface area contributed by atoms with E-state index >= 15 is 0 Å². The zero-order valence-electron chi connectivity index (χ0n) is 7.49. The SMILES string of the molecule is COc1cc(CN)c([N+](=O)[O-])cc1Cl. The molecule has 1 aromatic rings. The Labute approximate surface area is 85.6 Å². The minimum Gasteiger partial charge on any atom is -0.495 e. The van der Waals surface area contributed by atoms with Crippen LogP contribution in [0.1, 0.15) is 5.56 Å². The standard InChI is InChI=1S/C8H9ClN2O3/c1-14-8-2-5(4-10)7(11(12)13)3-6(8)9/h2-3H,4,10H2,1H3. The van der Waals surface area contributed by atoms with Crippen molar-refractivity contribution in [3.63, 3.8) is 0 Å². The number of hydrogen-bond acceptors (Lipinski definition) is 4. The van der Waals surface area contributed by atoms with Gasteiger partial charge in [0.05, 0.1) is 17.1 Å². The number of methoxy groups -OCH3 is 1. The minimum absolute atomic E-state index is 0.0733. The van der Waals surface area contributed by atoms with Crippen LogP contribution in [0.4, 0.5) is 5.69 Å². The fourth-order valence-electron chi connectivity index (χ4n) is 1.07. The first-order valence-corrected chi connectivity index (χ1v) is 4.18. The van der Waals surface area contributed by atoms with E-state index in [1.165, 1.54) is 19.2 Å². The Bertz CT molecular complexity index is 368. The van der Waals surface area contributed by atoms with Crippen molar-refractivity contribution in [1.82, 2.24) is 0 Å². The summed E-state index contributed by atoms with van der Waals surface area (Å²) in [6.07, 6.45) is 0. The first kappa shape index (κ1) is 10.7. The average Bonchev–Trinajstić information content (AvgIpc) is 2.17. The van der Waals surface area contributed by atoms with E-state index in [1.807, 2.05) is 0 Å². The van der Waals surface area contributed by atoms with Gasteiger partial charge >= 0.3 is 0 Å². The third kappa shape index (κ3) is 1.94. The summed E-state index contributed by atoms with van der Waals surface area (Å²) in [5.74, 6) is 0.387. The smallest absolute Gasteiger partial charge is 0.275 e. The van der Waals surface area contributed by atoms with E-state index in [0.29, 0.717) is 11.3 Å². The topological polar surface area (TPSA) is 78.4 Å². The monoisotopic (exact) mass is 216 g/mol. The molecule has 0 aromatic heterocycles. The molecule has 5 nitrogen and oxygen atoms in total. The molecular weight excluding hydrogens is 208 g/mol. The minimum atomic E-state index is -0.520. The largest absolute Gasteiger partial charge is 0.495 e. The van der Waals surface area contributed by atoms with Gasteiger partial charge in [0.1, 0.15) is 5.75 Å². The third-order valence-corrected chi connectivity index (χ3v) is 2.07. The molecule has 1 rings (SSSR count). The summed E-state index contributed by atoms with van der Waals surface area (Å²) in [6, 6.07) is 2.71. The number of nitrogens with two attached hydrogens (primary N) is 1. The van der Waals surface area contributed by atoms with E-state index < -0.39 is 4.92 Å². The molecule has 6 heteroatoms. The van der Waals surface area contributed by atoms with Crippen LogP contribution in [0.2, 0.25) is 5.02 Å².